The van der Waals surface area contributed by atoms with Crippen molar-refractivity contribution in [3.05, 3.63) is 59.7 Å². The van der Waals surface area contributed by atoms with E-state index in [2.05, 4.69) is 24.3 Å². The summed E-state index contributed by atoms with van der Waals surface area (Å²) >= 11 is 1.25. The highest BCUT2D eigenvalue weighted by Gasteiger charge is 2.40. The molecule has 3 aliphatic rings. The van der Waals surface area contributed by atoms with Crippen LogP contribution in [0.1, 0.15) is 55.6 Å². The molecule has 2 amide bonds. The van der Waals surface area contributed by atoms with E-state index in [0.717, 1.165) is 12.8 Å². The molecule has 8 heteroatoms. The molecule has 1 saturated heterocycles. The number of imide groups is 1. The molecule has 5 rings (SSSR count). The molecule has 0 unspecified atom stereocenters. The summed E-state index contributed by atoms with van der Waals surface area (Å²) in [6, 6.07) is 16.5. The summed E-state index contributed by atoms with van der Waals surface area (Å²) in [5.74, 6) is -1.09. The Bertz CT molecular complexity index is 1160. The van der Waals surface area contributed by atoms with Crippen molar-refractivity contribution in [3.8, 4) is 11.1 Å². The van der Waals surface area contributed by atoms with E-state index in [0.29, 0.717) is 31.7 Å². The maximum Gasteiger partial charge on any atom is 0.308 e. The first-order valence-electron chi connectivity index (χ1n) is 12.9. The number of carbonyl (C=O) groups excluding carboxylic acids is 3. The van der Waals surface area contributed by atoms with Crippen molar-refractivity contribution in [1.82, 2.24) is 4.90 Å². The Labute approximate surface area is 220 Å². The molecular formula is C29H31NO6S. The van der Waals surface area contributed by atoms with Gasteiger partial charge in [0, 0.05) is 24.6 Å². The van der Waals surface area contributed by atoms with Crippen LogP contribution in [-0.2, 0) is 23.9 Å². The summed E-state index contributed by atoms with van der Waals surface area (Å²) in [4.78, 5) is 50.1. The van der Waals surface area contributed by atoms with E-state index in [1.165, 1.54) is 38.9 Å². The van der Waals surface area contributed by atoms with Crippen molar-refractivity contribution in [2.75, 3.05) is 18.9 Å². The molecule has 0 aromatic heterocycles. The molecule has 2 aromatic rings. The van der Waals surface area contributed by atoms with Crippen molar-refractivity contribution in [3.63, 3.8) is 0 Å². The molecule has 2 aromatic carbocycles. The van der Waals surface area contributed by atoms with Crippen molar-refractivity contribution in [2.24, 2.45) is 11.8 Å². The standard InChI is InChI=1S/C29H31NO6S/c31-26-15-25(37-14-13-27(32)33)28(34)30(26)16-18-9-11-19(12-10-18)29(35)36-17-24-22-7-3-1-5-20(22)21-6-2-4-8-23(21)24/h1-8,18-19,24-25H,9-17H2,(H,32,33)/t18?,19?,25-/m1/s1. The van der Waals surface area contributed by atoms with Gasteiger partial charge in [-0.25, -0.2) is 0 Å². The van der Waals surface area contributed by atoms with Crippen LogP contribution in [0.3, 0.4) is 0 Å². The molecular weight excluding hydrogens is 490 g/mol. The third-order valence-electron chi connectivity index (χ3n) is 7.81. The fourth-order valence-electron chi connectivity index (χ4n) is 5.82. The number of fused-ring (bicyclic) bond motifs is 3. The summed E-state index contributed by atoms with van der Waals surface area (Å²) in [6.07, 6.45) is 3.02. The van der Waals surface area contributed by atoms with E-state index in [1.54, 1.807) is 0 Å². The minimum absolute atomic E-state index is 0.0253. The Morgan fingerprint density at radius 2 is 1.57 bits per heavy atom. The van der Waals surface area contributed by atoms with Gasteiger partial charge >= 0.3 is 11.9 Å². The topological polar surface area (TPSA) is 101 Å². The van der Waals surface area contributed by atoms with Gasteiger partial charge < -0.3 is 9.84 Å². The molecule has 7 nitrogen and oxygen atoms in total. The number of ether oxygens (including phenoxy) is 1. The predicted molar refractivity (Wildman–Crippen MR) is 140 cm³/mol. The zero-order valence-electron chi connectivity index (χ0n) is 20.6. The van der Waals surface area contributed by atoms with Gasteiger partial charge in [-0.05, 0) is 53.9 Å². The summed E-state index contributed by atoms with van der Waals surface area (Å²) in [5, 5.41) is 8.31. The van der Waals surface area contributed by atoms with E-state index in [9.17, 15) is 19.2 Å². The predicted octanol–water partition coefficient (Wildman–Crippen LogP) is 4.48. The summed E-state index contributed by atoms with van der Waals surface area (Å²) in [5.41, 5.74) is 4.79. The Morgan fingerprint density at radius 3 is 2.19 bits per heavy atom. The molecule has 194 valence electrons. The first-order chi connectivity index (χ1) is 17.9. The second-order valence-electron chi connectivity index (χ2n) is 10.1. The molecule has 0 bridgehead atoms. The van der Waals surface area contributed by atoms with Crippen LogP contribution in [0.2, 0.25) is 0 Å². The van der Waals surface area contributed by atoms with Crippen LogP contribution in [0, 0.1) is 11.8 Å². The number of carboxylic acids is 1. The van der Waals surface area contributed by atoms with Crippen molar-refractivity contribution < 1.29 is 29.0 Å². The molecule has 1 N–H and O–H groups in total. The maximum absolute atomic E-state index is 12.9. The van der Waals surface area contributed by atoms with Gasteiger partial charge in [0.25, 0.3) is 0 Å². The van der Waals surface area contributed by atoms with Gasteiger partial charge in [0.05, 0.1) is 17.6 Å². The maximum atomic E-state index is 12.9. The lowest BCUT2D eigenvalue weighted by molar-refractivity contribution is -0.151. The molecule has 2 aliphatic carbocycles. The number of hydrogen-bond acceptors (Lipinski definition) is 6. The van der Waals surface area contributed by atoms with Crippen LogP contribution < -0.4 is 0 Å². The quantitative estimate of drug-likeness (QED) is 0.383. The second kappa shape index (κ2) is 11.1. The summed E-state index contributed by atoms with van der Waals surface area (Å²) < 4.78 is 5.85. The first-order valence-corrected chi connectivity index (χ1v) is 14.0. The van der Waals surface area contributed by atoms with Gasteiger partial charge in [-0.15, -0.1) is 11.8 Å². The number of nitrogens with zero attached hydrogens (tertiary/aromatic N) is 1. The minimum atomic E-state index is -0.908. The zero-order valence-corrected chi connectivity index (χ0v) is 21.5. The average Bonchev–Trinajstić information content (AvgIpc) is 3.36. The third kappa shape index (κ3) is 5.44. The average molecular weight is 522 g/mol. The molecule has 2 fully saturated rings. The number of likely N-dealkylation sites (tertiary alicyclic amines) is 1. The van der Waals surface area contributed by atoms with Crippen LogP contribution >= 0.6 is 11.8 Å². The molecule has 1 saturated carbocycles. The number of rotatable bonds is 9. The normalized spacial score (nSPS) is 23.1. The van der Waals surface area contributed by atoms with Crippen molar-refractivity contribution >= 4 is 35.5 Å². The van der Waals surface area contributed by atoms with Gasteiger partial charge in [0.15, 0.2) is 0 Å². The Kier molecular flexibility index (Phi) is 7.65. The highest BCUT2D eigenvalue weighted by molar-refractivity contribution is 8.00. The number of aliphatic carboxylic acids is 1. The number of esters is 1. The number of carboxylic acid groups (broad SMARTS) is 1. The Morgan fingerprint density at radius 1 is 0.946 bits per heavy atom. The molecule has 0 radical (unpaired) electrons. The van der Waals surface area contributed by atoms with E-state index >= 15 is 0 Å². The lowest BCUT2D eigenvalue weighted by atomic mass is 9.82. The molecule has 1 heterocycles. The number of hydrogen-bond donors (Lipinski definition) is 1. The second-order valence-corrected chi connectivity index (χ2v) is 11.4. The monoisotopic (exact) mass is 521 g/mol. The molecule has 1 aliphatic heterocycles. The van der Waals surface area contributed by atoms with E-state index in [-0.39, 0.29) is 48.4 Å². The molecule has 1 atom stereocenters. The fraction of sp³-hybridized carbons (Fsp3) is 0.448. The lowest BCUT2D eigenvalue weighted by Gasteiger charge is -2.30. The van der Waals surface area contributed by atoms with Crippen molar-refractivity contribution in [2.45, 2.75) is 49.7 Å². The van der Waals surface area contributed by atoms with Crippen molar-refractivity contribution in [1.29, 1.82) is 0 Å². The Balaban J connectivity index is 1.10. The van der Waals surface area contributed by atoms with E-state index in [4.69, 9.17) is 9.84 Å². The summed E-state index contributed by atoms with van der Waals surface area (Å²) in [7, 11) is 0. The number of benzene rings is 2. The minimum Gasteiger partial charge on any atom is -0.481 e. The Hall–Kier alpha value is -3.13. The van der Waals surface area contributed by atoms with E-state index in [1.807, 2.05) is 24.3 Å². The fourth-order valence-corrected chi connectivity index (χ4v) is 6.93. The highest BCUT2D eigenvalue weighted by Crippen LogP contribution is 2.44. The molecule has 0 spiro atoms. The first kappa shape index (κ1) is 25.5. The smallest absolute Gasteiger partial charge is 0.308 e. The van der Waals surface area contributed by atoms with Crippen LogP contribution in [0.15, 0.2) is 48.5 Å². The lowest BCUT2D eigenvalue weighted by Crippen LogP contribution is -2.37. The highest BCUT2D eigenvalue weighted by atomic mass is 32.2. The number of carbonyl (C=O) groups is 4. The van der Waals surface area contributed by atoms with Crippen LogP contribution in [0.5, 0.6) is 0 Å². The van der Waals surface area contributed by atoms with Gasteiger partial charge in [-0.3, -0.25) is 24.1 Å². The number of thioether (sulfide) groups is 1. The zero-order chi connectivity index (χ0) is 25.9. The van der Waals surface area contributed by atoms with Crippen LogP contribution in [0.25, 0.3) is 11.1 Å². The van der Waals surface area contributed by atoms with Crippen LogP contribution in [0.4, 0.5) is 0 Å². The van der Waals surface area contributed by atoms with Gasteiger partial charge in [0.2, 0.25) is 11.8 Å². The third-order valence-corrected chi connectivity index (χ3v) is 9.02. The molecule has 37 heavy (non-hydrogen) atoms. The van der Waals surface area contributed by atoms with Crippen LogP contribution in [-0.4, -0.2) is 57.9 Å². The largest absolute Gasteiger partial charge is 0.481 e. The summed E-state index contributed by atoms with van der Waals surface area (Å²) in [6.45, 7) is 0.704. The van der Waals surface area contributed by atoms with Gasteiger partial charge in [-0.2, -0.15) is 0 Å². The number of amides is 2. The van der Waals surface area contributed by atoms with E-state index < -0.39 is 11.2 Å². The van der Waals surface area contributed by atoms with Gasteiger partial charge in [0.1, 0.15) is 6.61 Å². The SMILES string of the molecule is O=C(O)CCS[C@@H]1CC(=O)N(CC2CCC(C(=O)OCC3c4ccccc4-c4ccccc43)CC2)C1=O. The van der Waals surface area contributed by atoms with Gasteiger partial charge in [-0.1, -0.05) is 48.5 Å².